The Balaban J connectivity index is 2.02. The summed E-state index contributed by atoms with van der Waals surface area (Å²) >= 11 is 5.93. The lowest BCUT2D eigenvalue weighted by molar-refractivity contribution is 0.0695. The molecule has 1 aromatic heterocycles. The second-order valence-electron chi connectivity index (χ2n) is 6.21. The van der Waals surface area contributed by atoms with Gasteiger partial charge in [-0.3, -0.25) is 0 Å². The maximum Gasteiger partial charge on any atom is 0.340 e. The van der Waals surface area contributed by atoms with Crippen molar-refractivity contribution in [2.45, 2.75) is 18.3 Å². The van der Waals surface area contributed by atoms with E-state index in [0.717, 1.165) is 5.56 Å². The SMILES string of the molecule is O=C(O)c1c(O)c(C2(c3ccc(Cl)cc3)CC2)nc2c(F)cccc12. The van der Waals surface area contributed by atoms with Gasteiger partial charge in [0.15, 0.2) is 5.75 Å². The number of carboxylic acid groups (broad SMARTS) is 1. The van der Waals surface area contributed by atoms with Crippen LogP contribution in [0.25, 0.3) is 10.9 Å². The van der Waals surface area contributed by atoms with Gasteiger partial charge in [-0.25, -0.2) is 14.2 Å². The molecule has 0 radical (unpaired) electrons. The highest BCUT2D eigenvalue weighted by molar-refractivity contribution is 6.30. The standard InChI is InChI=1S/C19H13ClFNO3/c20-11-6-4-10(5-7-11)19(8-9-19)17-16(23)14(18(24)25)12-2-1-3-13(21)15(12)22-17/h1-7,23H,8-9H2,(H,24,25). The van der Waals surface area contributed by atoms with Crippen LogP contribution in [0.2, 0.25) is 5.02 Å². The van der Waals surface area contributed by atoms with Crippen molar-refractivity contribution in [2.24, 2.45) is 0 Å². The Morgan fingerprint density at radius 3 is 2.44 bits per heavy atom. The van der Waals surface area contributed by atoms with Crippen molar-refractivity contribution < 1.29 is 19.4 Å². The minimum atomic E-state index is -1.32. The molecule has 2 N–H and O–H groups in total. The second-order valence-corrected chi connectivity index (χ2v) is 6.65. The zero-order chi connectivity index (χ0) is 17.8. The number of aromatic hydroxyl groups is 1. The van der Waals surface area contributed by atoms with Gasteiger partial charge in [-0.05, 0) is 36.6 Å². The molecule has 1 heterocycles. The van der Waals surface area contributed by atoms with Crippen LogP contribution in [0.3, 0.4) is 0 Å². The van der Waals surface area contributed by atoms with Gasteiger partial charge in [0.25, 0.3) is 0 Å². The average molecular weight is 358 g/mol. The van der Waals surface area contributed by atoms with Crippen molar-refractivity contribution >= 4 is 28.5 Å². The number of halogens is 2. The first-order chi connectivity index (χ1) is 11.9. The molecule has 4 nitrogen and oxygen atoms in total. The summed E-state index contributed by atoms with van der Waals surface area (Å²) in [5.41, 5.74) is 0.0826. The van der Waals surface area contributed by atoms with Crippen LogP contribution in [0, 0.1) is 5.82 Å². The molecule has 0 spiro atoms. The summed E-state index contributed by atoms with van der Waals surface area (Å²) in [4.78, 5) is 16.0. The van der Waals surface area contributed by atoms with Gasteiger partial charge >= 0.3 is 5.97 Å². The minimum absolute atomic E-state index is 0.0482. The van der Waals surface area contributed by atoms with E-state index in [4.69, 9.17) is 11.6 Å². The van der Waals surface area contributed by atoms with E-state index in [9.17, 15) is 19.4 Å². The third-order valence-corrected chi connectivity index (χ3v) is 5.01. The van der Waals surface area contributed by atoms with Crippen LogP contribution in [-0.4, -0.2) is 21.2 Å². The van der Waals surface area contributed by atoms with Crippen molar-refractivity contribution in [1.29, 1.82) is 0 Å². The van der Waals surface area contributed by atoms with Gasteiger partial charge in [0, 0.05) is 15.8 Å². The Morgan fingerprint density at radius 1 is 1.16 bits per heavy atom. The van der Waals surface area contributed by atoms with Gasteiger partial charge in [-0.15, -0.1) is 0 Å². The Kier molecular flexibility index (Phi) is 3.44. The monoisotopic (exact) mass is 357 g/mol. The van der Waals surface area contributed by atoms with Crippen LogP contribution in [0.5, 0.6) is 5.75 Å². The molecule has 4 rings (SSSR count). The Bertz CT molecular complexity index is 1010. The Morgan fingerprint density at radius 2 is 1.84 bits per heavy atom. The molecule has 0 saturated heterocycles. The molecule has 3 aromatic rings. The lowest BCUT2D eigenvalue weighted by Gasteiger charge is -2.19. The number of aromatic nitrogens is 1. The van der Waals surface area contributed by atoms with Gasteiger partial charge in [-0.2, -0.15) is 0 Å². The zero-order valence-electron chi connectivity index (χ0n) is 13.0. The predicted molar refractivity (Wildman–Crippen MR) is 91.8 cm³/mol. The number of para-hydroxylation sites is 1. The Labute approximate surface area is 147 Å². The summed E-state index contributed by atoms with van der Waals surface area (Å²) in [6, 6.07) is 11.2. The van der Waals surface area contributed by atoms with Crippen LogP contribution >= 0.6 is 11.6 Å². The highest BCUT2D eigenvalue weighted by Crippen LogP contribution is 2.56. The van der Waals surface area contributed by atoms with E-state index in [1.54, 1.807) is 12.1 Å². The molecule has 1 saturated carbocycles. The number of benzene rings is 2. The second kappa shape index (κ2) is 5.43. The van der Waals surface area contributed by atoms with E-state index in [2.05, 4.69) is 4.98 Å². The fraction of sp³-hybridized carbons (Fsp3) is 0.158. The molecule has 1 aliphatic carbocycles. The molecule has 0 aliphatic heterocycles. The zero-order valence-corrected chi connectivity index (χ0v) is 13.7. The third-order valence-electron chi connectivity index (χ3n) is 4.75. The van der Waals surface area contributed by atoms with Gasteiger partial charge < -0.3 is 10.2 Å². The van der Waals surface area contributed by atoms with Gasteiger partial charge in [-0.1, -0.05) is 35.9 Å². The van der Waals surface area contributed by atoms with E-state index >= 15 is 0 Å². The molecule has 0 atom stereocenters. The largest absolute Gasteiger partial charge is 0.505 e. The number of fused-ring (bicyclic) bond motifs is 1. The fourth-order valence-corrected chi connectivity index (χ4v) is 3.47. The molecule has 1 aliphatic rings. The molecule has 0 unspecified atom stereocenters. The number of carboxylic acids is 1. The van der Waals surface area contributed by atoms with Crippen molar-refractivity contribution in [1.82, 2.24) is 4.98 Å². The van der Waals surface area contributed by atoms with Gasteiger partial charge in [0.1, 0.15) is 16.9 Å². The van der Waals surface area contributed by atoms with Crippen LogP contribution in [-0.2, 0) is 5.41 Å². The first-order valence-electron chi connectivity index (χ1n) is 7.75. The summed E-state index contributed by atoms with van der Waals surface area (Å²) in [5, 5.41) is 20.9. The highest BCUT2D eigenvalue weighted by Gasteiger charge is 2.50. The summed E-state index contributed by atoms with van der Waals surface area (Å²) in [7, 11) is 0. The average Bonchev–Trinajstić information content (AvgIpc) is 3.36. The summed E-state index contributed by atoms with van der Waals surface area (Å²) in [6.45, 7) is 0. The van der Waals surface area contributed by atoms with Crippen LogP contribution in [0.1, 0.15) is 34.5 Å². The molecular formula is C19H13ClFNO3. The topological polar surface area (TPSA) is 70.4 Å². The molecule has 1 fully saturated rings. The smallest absolute Gasteiger partial charge is 0.340 e. The highest BCUT2D eigenvalue weighted by atomic mass is 35.5. The van der Waals surface area contributed by atoms with E-state index in [-0.39, 0.29) is 22.2 Å². The van der Waals surface area contributed by atoms with Crippen LogP contribution < -0.4 is 0 Å². The summed E-state index contributed by atoms with van der Waals surface area (Å²) < 4.78 is 14.3. The molecule has 126 valence electrons. The molecular weight excluding hydrogens is 345 g/mol. The number of pyridine rings is 1. The molecule has 25 heavy (non-hydrogen) atoms. The van der Waals surface area contributed by atoms with Crippen LogP contribution in [0.4, 0.5) is 4.39 Å². The lowest BCUT2D eigenvalue weighted by atomic mass is 9.89. The van der Waals surface area contributed by atoms with Crippen molar-refractivity contribution in [3.8, 4) is 5.75 Å². The Hall–Kier alpha value is -2.66. The molecule has 0 amide bonds. The van der Waals surface area contributed by atoms with Gasteiger partial charge in [0.2, 0.25) is 0 Å². The predicted octanol–water partition coefficient (Wildman–Crippen LogP) is 4.51. The maximum absolute atomic E-state index is 14.3. The van der Waals surface area contributed by atoms with E-state index in [1.807, 2.05) is 12.1 Å². The van der Waals surface area contributed by atoms with Crippen molar-refractivity contribution in [2.75, 3.05) is 0 Å². The minimum Gasteiger partial charge on any atom is -0.505 e. The molecule has 6 heteroatoms. The quantitative estimate of drug-likeness (QED) is 0.723. The number of aromatic carboxylic acids is 1. The number of carbonyl (C=O) groups is 1. The number of nitrogens with zero attached hydrogens (tertiary/aromatic N) is 1. The summed E-state index contributed by atoms with van der Waals surface area (Å²) in [6.07, 6.45) is 1.38. The van der Waals surface area contributed by atoms with Crippen molar-refractivity contribution in [3.63, 3.8) is 0 Å². The van der Waals surface area contributed by atoms with E-state index < -0.39 is 23.0 Å². The first kappa shape index (κ1) is 15.8. The normalized spacial score (nSPS) is 15.3. The lowest BCUT2D eigenvalue weighted by Crippen LogP contribution is -2.14. The van der Waals surface area contributed by atoms with E-state index in [0.29, 0.717) is 17.9 Å². The molecule has 2 aromatic carbocycles. The molecule has 0 bridgehead atoms. The van der Waals surface area contributed by atoms with E-state index in [1.165, 1.54) is 18.2 Å². The summed E-state index contributed by atoms with van der Waals surface area (Å²) in [5.74, 6) is -2.34. The maximum atomic E-state index is 14.3. The van der Waals surface area contributed by atoms with Crippen LogP contribution in [0.15, 0.2) is 42.5 Å². The number of hydrogen-bond donors (Lipinski definition) is 2. The third kappa shape index (κ3) is 2.35. The number of rotatable bonds is 3. The fourth-order valence-electron chi connectivity index (χ4n) is 3.35. The first-order valence-corrected chi connectivity index (χ1v) is 8.13. The number of hydrogen-bond acceptors (Lipinski definition) is 3. The van der Waals surface area contributed by atoms with Gasteiger partial charge in [0.05, 0.1) is 5.69 Å². The van der Waals surface area contributed by atoms with Crippen molar-refractivity contribution in [3.05, 3.63) is 70.1 Å².